The van der Waals surface area contributed by atoms with Gasteiger partial charge in [-0.1, -0.05) is 18.2 Å². The molecule has 1 atom stereocenters. The lowest BCUT2D eigenvalue weighted by Crippen LogP contribution is -2.41. The van der Waals surface area contributed by atoms with Crippen molar-refractivity contribution < 1.29 is 4.79 Å². The van der Waals surface area contributed by atoms with Crippen LogP contribution < -0.4 is 0 Å². The van der Waals surface area contributed by atoms with Gasteiger partial charge in [-0.15, -0.1) is 11.3 Å². The van der Waals surface area contributed by atoms with E-state index in [4.69, 9.17) is 4.98 Å². The second-order valence-corrected chi connectivity index (χ2v) is 6.97. The second kappa shape index (κ2) is 4.95. The molecule has 1 amide bonds. The number of rotatable bonds is 3. The van der Waals surface area contributed by atoms with Crippen molar-refractivity contribution >= 4 is 28.3 Å². The number of para-hydroxylation sites is 2. The Labute approximate surface area is 132 Å². The highest BCUT2D eigenvalue weighted by Crippen LogP contribution is 2.39. The fraction of sp³-hybridized carbons (Fsp3) is 0.294. The van der Waals surface area contributed by atoms with Crippen LogP contribution in [0, 0.1) is 0 Å². The van der Waals surface area contributed by atoms with E-state index >= 15 is 0 Å². The van der Waals surface area contributed by atoms with Crippen LogP contribution in [-0.2, 0) is 16.9 Å². The average molecular weight is 311 g/mol. The van der Waals surface area contributed by atoms with Gasteiger partial charge in [0.05, 0.1) is 23.1 Å². The van der Waals surface area contributed by atoms with Crippen molar-refractivity contribution in [1.82, 2.24) is 14.9 Å². The maximum atomic E-state index is 12.4. The number of carbonyl (C=O) groups is 1. The third-order valence-corrected chi connectivity index (χ3v) is 5.38. The molecule has 1 fully saturated rings. The number of H-pyrrole nitrogens is 1. The van der Waals surface area contributed by atoms with Crippen LogP contribution in [0.15, 0.2) is 41.8 Å². The van der Waals surface area contributed by atoms with Crippen molar-refractivity contribution in [3.05, 3.63) is 52.5 Å². The van der Waals surface area contributed by atoms with Crippen LogP contribution in [0.2, 0.25) is 0 Å². The van der Waals surface area contributed by atoms with Gasteiger partial charge in [-0.2, -0.15) is 0 Å². The molecule has 22 heavy (non-hydrogen) atoms. The van der Waals surface area contributed by atoms with Crippen LogP contribution >= 0.6 is 11.3 Å². The van der Waals surface area contributed by atoms with Crippen LogP contribution in [0.3, 0.4) is 0 Å². The molecule has 1 aliphatic rings. The topological polar surface area (TPSA) is 49.0 Å². The van der Waals surface area contributed by atoms with Gasteiger partial charge in [0.25, 0.3) is 0 Å². The number of nitrogens with one attached hydrogen (secondary N) is 1. The summed E-state index contributed by atoms with van der Waals surface area (Å²) in [5.74, 6) is 1.09. The number of nitrogens with zero attached hydrogens (tertiary/aromatic N) is 2. The number of benzene rings is 1. The van der Waals surface area contributed by atoms with E-state index in [1.807, 2.05) is 35.2 Å². The van der Waals surface area contributed by atoms with Crippen LogP contribution in [0.5, 0.6) is 0 Å². The van der Waals surface area contributed by atoms with Crippen molar-refractivity contribution in [1.29, 1.82) is 0 Å². The predicted molar refractivity (Wildman–Crippen MR) is 87.5 cm³/mol. The summed E-state index contributed by atoms with van der Waals surface area (Å²) in [7, 11) is 0. The van der Waals surface area contributed by atoms with E-state index < -0.39 is 0 Å². The summed E-state index contributed by atoms with van der Waals surface area (Å²) in [6.45, 7) is 2.77. The minimum atomic E-state index is -0.361. The smallest absolute Gasteiger partial charge is 0.223 e. The Bertz CT molecular complexity index is 790. The summed E-state index contributed by atoms with van der Waals surface area (Å²) < 4.78 is 0. The van der Waals surface area contributed by atoms with E-state index in [1.165, 1.54) is 4.88 Å². The van der Waals surface area contributed by atoms with Crippen LogP contribution in [0.1, 0.15) is 30.5 Å². The van der Waals surface area contributed by atoms with Crippen molar-refractivity contribution in [2.24, 2.45) is 0 Å². The first-order chi connectivity index (χ1) is 10.7. The van der Waals surface area contributed by atoms with Crippen LogP contribution in [-0.4, -0.2) is 20.8 Å². The van der Waals surface area contributed by atoms with E-state index in [1.54, 1.807) is 11.3 Å². The molecular formula is C17H17N3OS. The number of aromatic amines is 1. The third-order valence-electron chi connectivity index (χ3n) is 4.52. The monoisotopic (exact) mass is 311 g/mol. The number of amides is 1. The van der Waals surface area contributed by atoms with Gasteiger partial charge in [0.15, 0.2) is 0 Å². The molecule has 1 aliphatic heterocycles. The standard InChI is InChI=1S/C17H17N3OS/c1-17(16-18-13-6-2-3-7-14(13)19-16)9-8-15(21)20(17)11-12-5-4-10-22-12/h2-7,10H,8-9,11H2,1H3,(H,18,19). The lowest BCUT2D eigenvalue weighted by molar-refractivity contribution is -0.132. The Balaban J connectivity index is 1.75. The first-order valence-electron chi connectivity index (χ1n) is 7.45. The van der Waals surface area contributed by atoms with E-state index in [0.717, 1.165) is 23.3 Å². The summed E-state index contributed by atoms with van der Waals surface area (Å²) in [6, 6.07) is 12.1. The van der Waals surface area contributed by atoms with Gasteiger partial charge in [0.2, 0.25) is 5.91 Å². The van der Waals surface area contributed by atoms with Gasteiger partial charge in [0, 0.05) is 11.3 Å². The molecule has 4 rings (SSSR count). The first-order valence-corrected chi connectivity index (χ1v) is 8.33. The quantitative estimate of drug-likeness (QED) is 0.802. The number of aromatic nitrogens is 2. The van der Waals surface area contributed by atoms with E-state index in [-0.39, 0.29) is 11.4 Å². The molecular weight excluding hydrogens is 294 g/mol. The van der Waals surface area contributed by atoms with Gasteiger partial charge in [-0.3, -0.25) is 4.79 Å². The highest BCUT2D eigenvalue weighted by Gasteiger charge is 2.45. The normalized spacial score (nSPS) is 21.9. The van der Waals surface area contributed by atoms with Crippen LogP contribution in [0.4, 0.5) is 0 Å². The number of fused-ring (bicyclic) bond motifs is 1. The third kappa shape index (κ3) is 2.04. The van der Waals surface area contributed by atoms with Gasteiger partial charge in [-0.25, -0.2) is 4.98 Å². The number of carbonyl (C=O) groups excluding carboxylic acids is 1. The Morgan fingerprint density at radius 1 is 1.32 bits per heavy atom. The first kappa shape index (κ1) is 13.5. The zero-order chi connectivity index (χ0) is 15.2. The Kier molecular flexibility index (Phi) is 3.04. The lowest BCUT2D eigenvalue weighted by atomic mass is 9.98. The predicted octanol–water partition coefficient (Wildman–Crippen LogP) is 3.66. The maximum Gasteiger partial charge on any atom is 0.223 e. The summed E-state index contributed by atoms with van der Waals surface area (Å²) in [5, 5.41) is 2.05. The summed E-state index contributed by atoms with van der Waals surface area (Å²) >= 11 is 1.69. The molecule has 1 aromatic carbocycles. The molecule has 0 radical (unpaired) electrons. The van der Waals surface area contributed by atoms with E-state index in [9.17, 15) is 4.79 Å². The van der Waals surface area contributed by atoms with Gasteiger partial charge >= 0.3 is 0 Å². The van der Waals surface area contributed by atoms with Crippen LogP contribution in [0.25, 0.3) is 11.0 Å². The number of likely N-dealkylation sites (tertiary alicyclic amines) is 1. The molecule has 5 heteroatoms. The maximum absolute atomic E-state index is 12.4. The Hall–Kier alpha value is -2.14. The zero-order valence-corrected chi connectivity index (χ0v) is 13.2. The van der Waals surface area contributed by atoms with E-state index in [0.29, 0.717) is 13.0 Å². The number of hydrogen-bond acceptors (Lipinski definition) is 3. The molecule has 0 saturated carbocycles. The molecule has 0 spiro atoms. The molecule has 0 bridgehead atoms. The van der Waals surface area contributed by atoms with Gasteiger partial charge in [-0.05, 0) is 36.9 Å². The average Bonchev–Trinajstić information content (AvgIpc) is 3.23. The van der Waals surface area contributed by atoms with Crippen molar-refractivity contribution in [3.8, 4) is 0 Å². The molecule has 1 unspecified atom stereocenters. The minimum Gasteiger partial charge on any atom is -0.340 e. The van der Waals surface area contributed by atoms with Gasteiger partial charge in [0.1, 0.15) is 5.82 Å². The lowest BCUT2D eigenvalue weighted by Gasteiger charge is -2.33. The fourth-order valence-electron chi connectivity index (χ4n) is 3.17. The zero-order valence-electron chi connectivity index (χ0n) is 12.4. The number of thiophene rings is 1. The minimum absolute atomic E-state index is 0.205. The SMILES string of the molecule is CC1(c2nc3ccccc3[nH]2)CCC(=O)N1Cc1cccs1. The molecule has 112 valence electrons. The molecule has 3 aromatic rings. The summed E-state index contributed by atoms with van der Waals surface area (Å²) in [5.41, 5.74) is 1.61. The van der Waals surface area contributed by atoms with Crippen molar-refractivity contribution in [2.45, 2.75) is 31.8 Å². The molecule has 4 nitrogen and oxygen atoms in total. The Morgan fingerprint density at radius 2 is 2.18 bits per heavy atom. The largest absolute Gasteiger partial charge is 0.340 e. The summed E-state index contributed by atoms with van der Waals surface area (Å²) in [6.07, 6.45) is 1.38. The van der Waals surface area contributed by atoms with Gasteiger partial charge < -0.3 is 9.88 Å². The molecule has 2 aromatic heterocycles. The Morgan fingerprint density at radius 3 is 2.95 bits per heavy atom. The number of imidazole rings is 1. The fourth-order valence-corrected chi connectivity index (χ4v) is 3.86. The summed E-state index contributed by atoms with van der Waals surface area (Å²) in [4.78, 5) is 23.7. The number of hydrogen-bond donors (Lipinski definition) is 1. The van der Waals surface area contributed by atoms with Crippen molar-refractivity contribution in [2.75, 3.05) is 0 Å². The molecule has 3 heterocycles. The second-order valence-electron chi connectivity index (χ2n) is 5.94. The molecule has 1 saturated heterocycles. The molecule has 0 aliphatic carbocycles. The van der Waals surface area contributed by atoms with E-state index in [2.05, 4.69) is 23.4 Å². The molecule has 1 N–H and O–H groups in total. The highest BCUT2D eigenvalue weighted by atomic mass is 32.1. The highest BCUT2D eigenvalue weighted by molar-refractivity contribution is 7.09. The van der Waals surface area contributed by atoms with Crippen molar-refractivity contribution in [3.63, 3.8) is 0 Å².